The molecule has 1 N–H and O–H groups in total. The van der Waals surface area contributed by atoms with Crippen LogP contribution in [0.5, 0.6) is 0 Å². The minimum absolute atomic E-state index is 0.123. The summed E-state index contributed by atoms with van der Waals surface area (Å²) in [6.07, 6.45) is 2.94. The van der Waals surface area contributed by atoms with Crippen LogP contribution >= 0.6 is 15.9 Å². The van der Waals surface area contributed by atoms with Gasteiger partial charge in [0.1, 0.15) is 18.7 Å². The van der Waals surface area contributed by atoms with Gasteiger partial charge in [0.2, 0.25) is 5.91 Å². The van der Waals surface area contributed by atoms with E-state index in [1.54, 1.807) is 6.92 Å². The second-order valence-electron chi connectivity index (χ2n) is 4.00. The molecule has 0 spiro atoms. The number of carbonyl (C=O) groups is 1. The molecule has 1 heterocycles. The van der Waals surface area contributed by atoms with Gasteiger partial charge in [0, 0.05) is 10.2 Å². The third kappa shape index (κ3) is 2.76. The molecule has 5 nitrogen and oxygen atoms in total. The Balaban J connectivity index is 2.14. The van der Waals surface area contributed by atoms with Crippen LogP contribution in [0.3, 0.4) is 0 Å². The van der Waals surface area contributed by atoms with Crippen molar-refractivity contribution in [3.8, 4) is 0 Å². The number of benzene rings is 1. The van der Waals surface area contributed by atoms with Gasteiger partial charge < -0.3 is 5.32 Å². The zero-order valence-corrected chi connectivity index (χ0v) is 11.7. The summed E-state index contributed by atoms with van der Waals surface area (Å²) in [7, 11) is 0. The van der Waals surface area contributed by atoms with E-state index in [0.29, 0.717) is 0 Å². The second-order valence-corrected chi connectivity index (χ2v) is 4.92. The molecule has 0 bridgehead atoms. The van der Waals surface area contributed by atoms with Crippen molar-refractivity contribution in [3.63, 3.8) is 0 Å². The summed E-state index contributed by atoms with van der Waals surface area (Å²) < 4.78 is 2.44. The number of anilines is 1. The van der Waals surface area contributed by atoms with Crippen molar-refractivity contribution in [2.45, 2.75) is 19.9 Å². The van der Waals surface area contributed by atoms with Crippen molar-refractivity contribution < 1.29 is 4.79 Å². The Bertz CT molecular complexity index is 553. The normalized spacial score (nSPS) is 12.2. The number of halogens is 1. The minimum Gasteiger partial charge on any atom is -0.324 e. The van der Waals surface area contributed by atoms with Crippen molar-refractivity contribution in [1.82, 2.24) is 14.8 Å². The summed E-state index contributed by atoms with van der Waals surface area (Å²) in [4.78, 5) is 15.9. The highest BCUT2D eigenvalue weighted by atomic mass is 79.9. The molecule has 0 saturated carbocycles. The van der Waals surface area contributed by atoms with Crippen LogP contribution in [0.1, 0.15) is 18.5 Å². The number of nitrogens with zero attached hydrogens (tertiary/aromatic N) is 3. The quantitative estimate of drug-likeness (QED) is 0.948. The Morgan fingerprint density at radius 3 is 2.94 bits per heavy atom. The summed E-state index contributed by atoms with van der Waals surface area (Å²) in [5.74, 6) is -0.123. The zero-order chi connectivity index (χ0) is 13.1. The topological polar surface area (TPSA) is 59.8 Å². The van der Waals surface area contributed by atoms with E-state index in [9.17, 15) is 4.79 Å². The van der Waals surface area contributed by atoms with E-state index >= 15 is 0 Å². The smallest absolute Gasteiger partial charge is 0.249 e. The Kier molecular flexibility index (Phi) is 3.76. The van der Waals surface area contributed by atoms with Crippen molar-refractivity contribution in [1.29, 1.82) is 0 Å². The number of rotatable bonds is 3. The molecule has 2 aromatic rings. The van der Waals surface area contributed by atoms with Crippen LogP contribution in [-0.4, -0.2) is 20.7 Å². The molecule has 0 aliphatic rings. The van der Waals surface area contributed by atoms with Gasteiger partial charge in [0.05, 0.1) is 0 Å². The number of hydrogen-bond donors (Lipinski definition) is 1. The molecule has 1 unspecified atom stereocenters. The van der Waals surface area contributed by atoms with Crippen molar-refractivity contribution in [2.24, 2.45) is 0 Å². The fourth-order valence-electron chi connectivity index (χ4n) is 1.50. The maximum absolute atomic E-state index is 12.1. The number of nitrogens with one attached hydrogen (secondary N) is 1. The van der Waals surface area contributed by atoms with Gasteiger partial charge in [-0.3, -0.25) is 4.79 Å². The molecule has 0 aliphatic carbocycles. The highest BCUT2D eigenvalue weighted by Crippen LogP contribution is 2.21. The first-order chi connectivity index (χ1) is 8.58. The lowest BCUT2D eigenvalue weighted by atomic mass is 10.2. The highest BCUT2D eigenvalue weighted by Gasteiger charge is 2.16. The predicted octanol–water partition coefficient (Wildman–Crippen LogP) is 2.55. The number of amides is 1. The van der Waals surface area contributed by atoms with Crippen LogP contribution in [0, 0.1) is 6.92 Å². The van der Waals surface area contributed by atoms with Crippen molar-refractivity contribution in [2.75, 3.05) is 5.32 Å². The second kappa shape index (κ2) is 5.30. The van der Waals surface area contributed by atoms with E-state index in [1.807, 2.05) is 25.1 Å². The van der Waals surface area contributed by atoms with E-state index in [-0.39, 0.29) is 5.91 Å². The molecule has 94 valence electrons. The van der Waals surface area contributed by atoms with Gasteiger partial charge in [-0.25, -0.2) is 9.67 Å². The van der Waals surface area contributed by atoms with Gasteiger partial charge in [-0.1, -0.05) is 22.0 Å². The molecule has 1 atom stereocenters. The molecule has 0 saturated heterocycles. The average Bonchev–Trinajstić information content (AvgIpc) is 2.86. The predicted molar refractivity (Wildman–Crippen MR) is 72.2 cm³/mol. The number of aromatic nitrogens is 3. The van der Waals surface area contributed by atoms with E-state index < -0.39 is 6.04 Å². The largest absolute Gasteiger partial charge is 0.324 e. The van der Waals surface area contributed by atoms with Gasteiger partial charge in [-0.2, -0.15) is 5.10 Å². The summed E-state index contributed by atoms with van der Waals surface area (Å²) in [6, 6.07) is 5.36. The van der Waals surface area contributed by atoms with Crippen LogP contribution < -0.4 is 5.32 Å². The third-order valence-corrected chi connectivity index (χ3v) is 3.16. The Morgan fingerprint density at radius 1 is 1.50 bits per heavy atom. The van der Waals surface area contributed by atoms with E-state index in [1.165, 1.54) is 17.3 Å². The Morgan fingerprint density at radius 2 is 2.28 bits per heavy atom. The molecule has 18 heavy (non-hydrogen) atoms. The monoisotopic (exact) mass is 308 g/mol. The van der Waals surface area contributed by atoms with Crippen LogP contribution in [0.15, 0.2) is 35.3 Å². The van der Waals surface area contributed by atoms with Crippen LogP contribution in [0.2, 0.25) is 0 Å². The first-order valence-electron chi connectivity index (χ1n) is 5.49. The molecule has 0 fully saturated rings. The Hall–Kier alpha value is -1.69. The van der Waals surface area contributed by atoms with Gasteiger partial charge in [-0.05, 0) is 31.5 Å². The SMILES string of the molecule is Cc1ccc(Br)cc1NC(=O)C(C)n1cncn1. The van der Waals surface area contributed by atoms with E-state index in [0.717, 1.165) is 15.7 Å². The third-order valence-electron chi connectivity index (χ3n) is 2.67. The molecular formula is C12H13BrN4O. The minimum atomic E-state index is -0.397. The zero-order valence-electron chi connectivity index (χ0n) is 10.1. The summed E-state index contributed by atoms with van der Waals surface area (Å²) >= 11 is 3.38. The molecule has 2 rings (SSSR count). The number of carbonyl (C=O) groups excluding carboxylic acids is 1. The van der Waals surface area contributed by atoms with Crippen molar-refractivity contribution >= 4 is 27.5 Å². The standard InChI is InChI=1S/C12H13BrN4O/c1-8-3-4-10(13)5-11(8)16-12(18)9(2)17-7-14-6-15-17/h3-7,9H,1-2H3,(H,16,18). The van der Waals surface area contributed by atoms with E-state index in [4.69, 9.17) is 0 Å². The number of hydrogen-bond acceptors (Lipinski definition) is 3. The summed E-state index contributed by atoms with van der Waals surface area (Å²) in [5, 5.41) is 6.84. The lowest BCUT2D eigenvalue weighted by Crippen LogP contribution is -2.24. The maximum Gasteiger partial charge on any atom is 0.249 e. The fourth-order valence-corrected chi connectivity index (χ4v) is 1.86. The lowest BCUT2D eigenvalue weighted by Gasteiger charge is -2.13. The molecule has 1 aromatic carbocycles. The van der Waals surface area contributed by atoms with E-state index in [2.05, 4.69) is 31.3 Å². The molecule has 6 heteroatoms. The molecule has 0 radical (unpaired) electrons. The first kappa shape index (κ1) is 12.8. The van der Waals surface area contributed by atoms with Gasteiger partial charge in [0.15, 0.2) is 0 Å². The molecule has 0 aliphatic heterocycles. The summed E-state index contributed by atoms with van der Waals surface area (Å²) in [6.45, 7) is 3.72. The molecule has 1 aromatic heterocycles. The van der Waals surface area contributed by atoms with Crippen LogP contribution in [0.25, 0.3) is 0 Å². The Labute approximate surface area is 113 Å². The highest BCUT2D eigenvalue weighted by molar-refractivity contribution is 9.10. The fraction of sp³-hybridized carbons (Fsp3) is 0.250. The van der Waals surface area contributed by atoms with Gasteiger partial charge in [0.25, 0.3) is 0 Å². The lowest BCUT2D eigenvalue weighted by molar-refractivity contribution is -0.119. The maximum atomic E-state index is 12.1. The van der Waals surface area contributed by atoms with Gasteiger partial charge >= 0.3 is 0 Å². The first-order valence-corrected chi connectivity index (χ1v) is 6.28. The van der Waals surface area contributed by atoms with Gasteiger partial charge in [-0.15, -0.1) is 0 Å². The molecule has 1 amide bonds. The summed E-state index contributed by atoms with van der Waals surface area (Å²) in [5.41, 5.74) is 1.80. The van der Waals surface area contributed by atoms with Crippen molar-refractivity contribution in [3.05, 3.63) is 40.9 Å². The van der Waals surface area contributed by atoms with Crippen LogP contribution in [0.4, 0.5) is 5.69 Å². The van der Waals surface area contributed by atoms with Crippen LogP contribution in [-0.2, 0) is 4.79 Å². The number of aryl methyl sites for hydroxylation is 1. The molecular weight excluding hydrogens is 296 g/mol. The average molecular weight is 309 g/mol.